The molecule has 1 amide bonds. The molecule has 0 radical (unpaired) electrons. The van der Waals surface area contributed by atoms with Crippen LogP contribution < -0.4 is 4.90 Å². The summed E-state index contributed by atoms with van der Waals surface area (Å²) in [6, 6.07) is 8.37. The Hall–Kier alpha value is -2.08. The smallest absolute Gasteiger partial charge is 0.318 e. The highest BCUT2D eigenvalue weighted by molar-refractivity contribution is 6.30. The van der Waals surface area contributed by atoms with Crippen LogP contribution in [0.15, 0.2) is 28.7 Å². The Bertz CT molecular complexity index is 739. The van der Waals surface area contributed by atoms with Crippen molar-refractivity contribution in [2.24, 2.45) is 0 Å². The maximum Gasteiger partial charge on any atom is 0.318 e. The Balaban J connectivity index is 1.43. The molecule has 140 valence electrons. The normalized spacial score (nSPS) is 14.9. The second-order valence-electron chi connectivity index (χ2n) is 6.93. The molecule has 1 aliphatic heterocycles. The number of anilines is 1. The van der Waals surface area contributed by atoms with Gasteiger partial charge in [0.05, 0.1) is 0 Å². The molecule has 1 saturated heterocycles. The summed E-state index contributed by atoms with van der Waals surface area (Å²) in [6.07, 6.45) is 2.26. The molecule has 0 N–H and O–H groups in total. The lowest BCUT2D eigenvalue weighted by Gasteiger charge is -2.33. The third-order valence-electron chi connectivity index (χ3n) is 4.57. The summed E-state index contributed by atoms with van der Waals surface area (Å²) >= 11 is 5.99. The largest absolute Gasteiger partial charge is 0.408 e. The van der Waals surface area contributed by atoms with Crippen molar-refractivity contribution < 1.29 is 9.21 Å². The molecule has 1 fully saturated rings. The number of piperazine rings is 1. The van der Waals surface area contributed by atoms with Gasteiger partial charge in [-0.1, -0.05) is 42.7 Å². The number of amides is 1. The summed E-state index contributed by atoms with van der Waals surface area (Å²) in [4.78, 5) is 16.4. The summed E-state index contributed by atoms with van der Waals surface area (Å²) in [5, 5.41) is 8.93. The van der Waals surface area contributed by atoms with Crippen LogP contribution in [0, 0.1) is 0 Å². The molecule has 2 aromatic rings. The van der Waals surface area contributed by atoms with E-state index in [0.717, 1.165) is 31.0 Å². The lowest BCUT2D eigenvalue weighted by molar-refractivity contribution is -0.131. The van der Waals surface area contributed by atoms with Crippen molar-refractivity contribution in [3.8, 4) is 0 Å². The van der Waals surface area contributed by atoms with Crippen molar-refractivity contribution in [3.05, 3.63) is 40.7 Å². The minimum absolute atomic E-state index is 0.208. The van der Waals surface area contributed by atoms with Gasteiger partial charge in [0.2, 0.25) is 11.8 Å². The van der Waals surface area contributed by atoms with Crippen molar-refractivity contribution in [2.75, 3.05) is 31.1 Å². The molecule has 26 heavy (non-hydrogen) atoms. The Labute approximate surface area is 159 Å². The Morgan fingerprint density at radius 1 is 1.23 bits per heavy atom. The van der Waals surface area contributed by atoms with Gasteiger partial charge in [-0.15, -0.1) is 5.10 Å². The van der Waals surface area contributed by atoms with Crippen molar-refractivity contribution in [1.29, 1.82) is 0 Å². The van der Waals surface area contributed by atoms with Gasteiger partial charge < -0.3 is 14.2 Å². The molecule has 6 nitrogen and oxygen atoms in total. The molecule has 1 aromatic heterocycles. The van der Waals surface area contributed by atoms with Crippen molar-refractivity contribution >= 4 is 23.5 Å². The molecule has 1 aromatic carbocycles. The van der Waals surface area contributed by atoms with Crippen LogP contribution in [0.4, 0.5) is 6.01 Å². The maximum atomic E-state index is 12.4. The highest BCUT2D eigenvalue weighted by Gasteiger charge is 2.24. The highest BCUT2D eigenvalue weighted by Crippen LogP contribution is 2.20. The van der Waals surface area contributed by atoms with E-state index in [9.17, 15) is 4.79 Å². The lowest BCUT2D eigenvalue weighted by atomic mass is 10.1. The van der Waals surface area contributed by atoms with E-state index < -0.39 is 0 Å². The maximum absolute atomic E-state index is 12.4. The Morgan fingerprint density at radius 3 is 2.65 bits per heavy atom. The Morgan fingerprint density at radius 2 is 2.00 bits per heavy atom. The molecule has 0 spiro atoms. The number of benzene rings is 1. The molecular formula is C19H25ClN4O2. The first-order chi connectivity index (χ1) is 12.5. The van der Waals surface area contributed by atoms with Crippen LogP contribution in [0.1, 0.15) is 44.1 Å². The van der Waals surface area contributed by atoms with E-state index in [2.05, 4.69) is 15.1 Å². The van der Waals surface area contributed by atoms with E-state index >= 15 is 0 Å². The van der Waals surface area contributed by atoms with Crippen LogP contribution in [-0.4, -0.2) is 47.2 Å². The summed E-state index contributed by atoms with van der Waals surface area (Å²) < 4.78 is 5.69. The van der Waals surface area contributed by atoms with Gasteiger partial charge in [-0.05, 0) is 30.5 Å². The van der Waals surface area contributed by atoms with Crippen LogP contribution in [0.5, 0.6) is 0 Å². The first-order valence-electron chi connectivity index (χ1n) is 9.13. The monoisotopic (exact) mass is 376 g/mol. The highest BCUT2D eigenvalue weighted by atomic mass is 35.5. The zero-order valence-corrected chi connectivity index (χ0v) is 16.1. The molecule has 0 unspecified atom stereocenters. The molecule has 1 aliphatic rings. The number of rotatable bonds is 6. The first-order valence-corrected chi connectivity index (χ1v) is 9.51. The molecule has 3 rings (SSSR count). The van der Waals surface area contributed by atoms with Crippen LogP contribution in [-0.2, 0) is 11.2 Å². The quantitative estimate of drug-likeness (QED) is 0.771. The average Bonchev–Trinajstić information content (AvgIpc) is 3.12. The number of nitrogens with zero attached hydrogens (tertiary/aromatic N) is 4. The number of hydrogen-bond acceptors (Lipinski definition) is 5. The third-order valence-corrected chi connectivity index (χ3v) is 4.81. The van der Waals surface area contributed by atoms with Gasteiger partial charge in [0.15, 0.2) is 0 Å². The average molecular weight is 377 g/mol. The molecule has 0 aliphatic carbocycles. The number of aryl methyl sites for hydroxylation is 1. The summed E-state index contributed by atoms with van der Waals surface area (Å²) in [7, 11) is 0. The number of carbonyl (C=O) groups is 1. The number of carbonyl (C=O) groups excluding carboxylic acids is 1. The molecule has 2 heterocycles. The van der Waals surface area contributed by atoms with Gasteiger partial charge in [-0.25, -0.2) is 0 Å². The standard InChI is InChI=1S/C19H25ClN4O2/c1-14(2)18-21-22-19(26-18)24-11-9-23(10-12-24)17(25)8-4-6-15-5-3-7-16(20)13-15/h3,5,7,13-14H,4,6,8-12H2,1-2H3. The van der Waals surface area contributed by atoms with Gasteiger partial charge in [-0.2, -0.15) is 0 Å². The Kier molecular flexibility index (Phi) is 6.14. The van der Waals surface area contributed by atoms with Gasteiger partial charge in [0.25, 0.3) is 0 Å². The molecule has 0 saturated carbocycles. The van der Waals surface area contributed by atoms with E-state index in [1.54, 1.807) is 0 Å². The fraction of sp³-hybridized carbons (Fsp3) is 0.526. The van der Waals surface area contributed by atoms with Crippen LogP contribution in [0.25, 0.3) is 0 Å². The summed E-state index contributed by atoms with van der Waals surface area (Å²) in [5.41, 5.74) is 1.17. The number of hydrogen-bond donors (Lipinski definition) is 0. The van der Waals surface area contributed by atoms with Gasteiger partial charge in [0, 0.05) is 43.5 Å². The fourth-order valence-electron chi connectivity index (χ4n) is 3.03. The molecule has 0 bridgehead atoms. The zero-order chi connectivity index (χ0) is 18.5. The first kappa shape index (κ1) is 18.7. The van der Waals surface area contributed by atoms with Crippen molar-refractivity contribution in [2.45, 2.75) is 39.0 Å². The molecular weight excluding hydrogens is 352 g/mol. The van der Waals surface area contributed by atoms with Crippen molar-refractivity contribution in [1.82, 2.24) is 15.1 Å². The van der Waals surface area contributed by atoms with Gasteiger partial charge in [0.1, 0.15) is 0 Å². The zero-order valence-electron chi connectivity index (χ0n) is 15.3. The van der Waals surface area contributed by atoms with E-state index in [1.165, 1.54) is 5.56 Å². The number of aromatic nitrogens is 2. The third kappa shape index (κ3) is 4.75. The molecule has 7 heteroatoms. The summed E-state index contributed by atoms with van der Waals surface area (Å²) in [6.45, 7) is 6.87. The van der Waals surface area contributed by atoms with E-state index in [0.29, 0.717) is 31.4 Å². The second-order valence-corrected chi connectivity index (χ2v) is 7.37. The van der Waals surface area contributed by atoms with E-state index in [-0.39, 0.29) is 11.8 Å². The SMILES string of the molecule is CC(C)c1nnc(N2CCN(C(=O)CCCc3cccc(Cl)c3)CC2)o1. The van der Waals surface area contributed by atoms with Gasteiger partial charge >= 0.3 is 6.01 Å². The van der Waals surface area contributed by atoms with Crippen LogP contribution in [0.3, 0.4) is 0 Å². The van der Waals surface area contributed by atoms with Crippen molar-refractivity contribution in [3.63, 3.8) is 0 Å². The minimum atomic E-state index is 0.208. The van der Waals surface area contributed by atoms with Crippen LogP contribution >= 0.6 is 11.6 Å². The van der Waals surface area contributed by atoms with E-state index in [1.807, 2.05) is 43.0 Å². The van der Waals surface area contributed by atoms with Crippen LogP contribution in [0.2, 0.25) is 5.02 Å². The predicted molar refractivity (Wildman–Crippen MR) is 102 cm³/mol. The summed E-state index contributed by atoms with van der Waals surface area (Å²) in [5.74, 6) is 1.08. The number of halogens is 1. The predicted octanol–water partition coefficient (Wildman–Crippen LogP) is 3.52. The minimum Gasteiger partial charge on any atom is -0.408 e. The van der Waals surface area contributed by atoms with Gasteiger partial charge in [-0.3, -0.25) is 4.79 Å². The van der Waals surface area contributed by atoms with E-state index in [4.69, 9.17) is 16.0 Å². The molecule has 0 atom stereocenters. The topological polar surface area (TPSA) is 62.5 Å². The lowest BCUT2D eigenvalue weighted by Crippen LogP contribution is -2.48. The fourth-order valence-corrected chi connectivity index (χ4v) is 3.24. The second kappa shape index (κ2) is 8.54.